The number of allylic oxidation sites excluding steroid dienone is 1. The Morgan fingerprint density at radius 1 is 1.10 bits per heavy atom. The molecule has 0 unspecified atom stereocenters. The molecule has 1 saturated heterocycles. The van der Waals surface area contributed by atoms with Crippen LogP contribution < -0.4 is 0 Å². The van der Waals surface area contributed by atoms with Gasteiger partial charge in [-0.25, -0.2) is 0 Å². The van der Waals surface area contributed by atoms with Gasteiger partial charge in [-0.3, -0.25) is 4.79 Å². The molecule has 0 aromatic rings. The van der Waals surface area contributed by atoms with Gasteiger partial charge in [0.25, 0.3) is 0 Å². The minimum Gasteiger partial charge on any atom is -0.465 e. The molecule has 4 aliphatic carbocycles. The third-order valence-electron chi connectivity index (χ3n) is 9.86. The lowest BCUT2D eigenvalue weighted by Gasteiger charge is -2.63. The topological polar surface area (TPSA) is 104 Å². The Balaban J connectivity index is 1.51. The number of esters is 1. The number of hydrogen-bond acceptors (Lipinski definition) is 6. The average molecular weight is 419 g/mol. The predicted octanol–water partition coefficient (Wildman–Crippen LogP) is 2.14. The van der Waals surface area contributed by atoms with Crippen LogP contribution in [0.1, 0.15) is 64.7 Å². The molecule has 0 bridgehead atoms. The van der Waals surface area contributed by atoms with E-state index >= 15 is 0 Å². The van der Waals surface area contributed by atoms with Crippen molar-refractivity contribution in [3.05, 3.63) is 11.6 Å². The molecule has 0 spiro atoms. The highest BCUT2D eigenvalue weighted by Crippen LogP contribution is 2.69. The Labute approximate surface area is 177 Å². The molecule has 1 heterocycles. The number of carbonyl (C=O) groups is 2. The number of fused-ring (bicyclic) bond motifs is 5. The van der Waals surface area contributed by atoms with Crippen molar-refractivity contribution < 1.29 is 29.6 Å². The summed E-state index contributed by atoms with van der Waals surface area (Å²) in [5.74, 6) is -0.172. The van der Waals surface area contributed by atoms with Crippen LogP contribution in [0.2, 0.25) is 0 Å². The summed E-state index contributed by atoms with van der Waals surface area (Å²) in [4.78, 5) is 24.0. The summed E-state index contributed by atoms with van der Waals surface area (Å²) < 4.78 is 5.35. The van der Waals surface area contributed by atoms with Crippen molar-refractivity contribution in [1.82, 2.24) is 0 Å². The highest BCUT2D eigenvalue weighted by atomic mass is 16.5. The van der Waals surface area contributed by atoms with Crippen LogP contribution in [-0.4, -0.2) is 52.0 Å². The van der Waals surface area contributed by atoms with Gasteiger partial charge in [0.1, 0.15) is 6.29 Å². The molecule has 0 amide bonds. The quantitative estimate of drug-likeness (QED) is 0.361. The molecule has 0 aromatic carbocycles. The monoisotopic (exact) mass is 418 g/mol. The van der Waals surface area contributed by atoms with Crippen LogP contribution in [0.3, 0.4) is 0 Å². The maximum Gasteiger partial charge on any atom is 0.305 e. The first-order valence-electron chi connectivity index (χ1n) is 11.7. The van der Waals surface area contributed by atoms with Crippen LogP contribution in [0.5, 0.6) is 0 Å². The van der Waals surface area contributed by atoms with Crippen LogP contribution in [0, 0.1) is 34.5 Å². The van der Waals surface area contributed by atoms with Gasteiger partial charge in [-0.15, -0.1) is 0 Å². The number of aliphatic hydroxyl groups excluding tert-OH is 2. The van der Waals surface area contributed by atoms with Crippen LogP contribution in [-0.2, 0) is 14.3 Å². The van der Waals surface area contributed by atoms with Crippen LogP contribution in [0.15, 0.2) is 11.6 Å². The van der Waals surface area contributed by atoms with E-state index in [0.29, 0.717) is 45.1 Å². The van der Waals surface area contributed by atoms with Crippen molar-refractivity contribution in [1.29, 1.82) is 0 Å². The van der Waals surface area contributed by atoms with E-state index < -0.39 is 28.6 Å². The van der Waals surface area contributed by atoms with E-state index in [2.05, 4.69) is 6.92 Å². The number of hydrogen-bond donors (Lipinski definition) is 3. The molecule has 166 valence electrons. The minimum absolute atomic E-state index is 0.139. The fourth-order valence-electron chi connectivity index (χ4n) is 8.46. The van der Waals surface area contributed by atoms with Gasteiger partial charge in [0.2, 0.25) is 0 Å². The summed E-state index contributed by atoms with van der Waals surface area (Å²) in [7, 11) is 0. The molecule has 3 N–H and O–H groups in total. The largest absolute Gasteiger partial charge is 0.465 e. The molecule has 1 aliphatic heterocycles. The lowest BCUT2D eigenvalue weighted by Crippen LogP contribution is -2.66. The zero-order chi connectivity index (χ0) is 21.3. The van der Waals surface area contributed by atoms with E-state index in [1.165, 1.54) is 0 Å². The second-order valence-electron chi connectivity index (χ2n) is 10.9. The Bertz CT molecular complexity index is 768. The van der Waals surface area contributed by atoms with E-state index in [1.807, 2.05) is 6.08 Å². The highest BCUT2D eigenvalue weighted by Gasteiger charge is 2.70. The van der Waals surface area contributed by atoms with Crippen LogP contribution >= 0.6 is 0 Å². The fourth-order valence-corrected chi connectivity index (χ4v) is 8.46. The maximum absolute atomic E-state index is 12.5. The van der Waals surface area contributed by atoms with E-state index in [0.717, 1.165) is 31.1 Å². The van der Waals surface area contributed by atoms with Crippen molar-refractivity contribution in [2.75, 3.05) is 6.61 Å². The normalized spacial score (nSPS) is 53.1. The standard InChI is InChI=1S/C24H34O6/c1-22-11-19(27)21-18(4-3-15-10-16(26)6-8-23(15,21)13-25)24(22,29)9-7-17(22)14-2-5-20(28)30-12-14/h10,13-14,16-19,21,26-27,29H,2-9,11-12H2,1H3/t14-,16-,17+,18+,19+,21+,22+,23+,24-/m0/s1. The number of ether oxygens (including phenoxy) is 1. The van der Waals surface area contributed by atoms with Gasteiger partial charge in [0.15, 0.2) is 0 Å². The summed E-state index contributed by atoms with van der Waals surface area (Å²) in [6.07, 6.45) is 7.31. The first-order chi connectivity index (χ1) is 14.2. The van der Waals surface area contributed by atoms with Gasteiger partial charge in [0, 0.05) is 17.8 Å². The number of aldehydes is 1. The molecule has 0 radical (unpaired) electrons. The molecular weight excluding hydrogens is 384 g/mol. The molecule has 6 nitrogen and oxygen atoms in total. The van der Waals surface area contributed by atoms with Crippen LogP contribution in [0.4, 0.5) is 0 Å². The second-order valence-corrected chi connectivity index (χ2v) is 10.9. The average Bonchev–Trinajstić information content (AvgIpc) is 2.99. The SMILES string of the molecule is C[C@]12C[C@@H](O)[C@H]3[C@@H](CCC4=C[C@@H](O)CC[C@@]43C=O)[C@@]1(O)CC[C@@H]2[C@H]1CCC(=O)OC1. The van der Waals surface area contributed by atoms with E-state index in [-0.39, 0.29) is 29.6 Å². The molecule has 0 aromatic heterocycles. The first kappa shape index (κ1) is 20.7. The number of aliphatic hydroxyl groups is 3. The number of rotatable bonds is 2. The molecular formula is C24H34O6. The lowest BCUT2D eigenvalue weighted by atomic mass is 9.43. The van der Waals surface area contributed by atoms with Gasteiger partial charge in [-0.05, 0) is 69.1 Å². The highest BCUT2D eigenvalue weighted by molar-refractivity contribution is 5.70. The summed E-state index contributed by atoms with van der Waals surface area (Å²) in [5.41, 5.74) is -1.20. The van der Waals surface area contributed by atoms with Gasteiger partial charge in [-0.1, -0.05) is 18.6 Å². The van der Waals surface area contributed by atoms with Crippen LogP contribution in [0.25, 0.3) is 0 Å². The van der Waals surface area contributed by atoms with E-state index in [9.17, 15) is 24.9 Å². The molecule has 5 aliphatic rings. The van der Waals surface area contributed by atoms with Gasteiger partial charge < -0.3 is 24.9 Å². The molecule has 30 heavy (non-hydrogen) atoms. The molecule has 3 saturated carbocycles. The molecule has 6 heteroatoms. The predicted molar refractivity (Wildman–Crippen MR) is 108 cm³/mol. The van der Waals surface area contributed by atoms with Gasteiger partial charge >= 0.3 is 5.97 Å². The fraction of sp³-hybridized carbons (Fsp3) is 0.833. The Hall–Kier alpha value is -1.24. The summed E-state index contributed by atoms with van der Waals surface area (Å²) in [6, 6.07) is 0. The third-order valence-corrected chi connectivity index (χ3v) is 9.86. The molecule has 5 rings (SSSR count). The number of cyclic esters (lactones) is 1. The Kier molecular flexibility index (Phi) is 4.73. The van der Waals surface area contributed by atoms with E-state index in [1.54, 1.807) is 0 Å². The van der Waals surface area contributed by atoms with Gasteiger partial charge in [-0.2, -0.15) is 0 Å². The van der Waals surface area contributed by atoms with E-state index in [4.69, 9.17) is 4.74 Å². The van der Waals surface area contributed by atoms with Crippen molar-refractivity contribution >= 4 is 12.3 Å². The smallest absolute Gasteiger partial charge is 0.305 e. The van der Waals surface area contributed by atoms with Crippen molar-refractivity contribution in [2.45, 2.75) is 82.5 Å². The first-order valence-corrected chi connectivity index (χ1v) is 11.7. The van der Waals surface area contributed by atoms with Crippen molar-refractivity contribution in [2.24, 2.45) is 34.5 Å². The summed E-state index contributed by atoms with van der Waals surface area (Å²) in [5, 5.41) is 33.7. The third kappa shape index (κ3) is 2.59. The molecule has 9 atom stereocenters. The lowest BCUT2D eigenvalue weighted by molar-refractivity contribution is -0.224. The number of carbonyl (C=O) groups excluding carboxylic acids is 2. The van der Waals surface area contributed by atoms with Crippen molar-refractivity contribution in [3.8, 4) is 0 Å². The van der Waals surface area contributed by atoms with Gasteiger partial charge in [0.05, 0.1) is 29.8 Å². The zero-order valence-electron chi connectivity index (χ0n) is 17.8. The molecule has 4 fully saturated rings. The second kappa shape index (κ2) is 6.88. The maximum atomic E-state index is 12.5. The zero-order valence-corrected chi connectivity index (χ0v) is 17.8. The summed E-state index contributed by atoms with van der Waals surface area (Å²) >= 11 is 0. The Morgan fingerprint density at radius 2 is 1.90 bits per heavy atom. The Morgan fingerprint density at radius 3 is 2.60 bits per heavy atom. The summed E-state index contributed by atoms with van der Waals surface area (Å²) in [6.45, 7) is 2.52. The minimum atomic E-state index is -0.930. The van der Waals surface area contributed by atoms with Crippen molar-refractivity contribution in [3.63, 3.8) is 0 Å².